The van der Waals surface area contributed by atoms with E-state index in [1.165, 1.54) is 20.9 Å². The Balaban J connectivity index is 0. The lowest BCUT2D eigenvalue weighted by Crippen LogP contribution is -1.82. The summed E-state index contributed by atoms with van der Waals surface area (Å²) in [6.07, 6.45) is 0. The van der Waals surface area contributed by atoms with Crippen LogP contribution in [0.3, 0.4) is 0 Å². The average Bonchev–Trinajstić information content (AvgIpc) is 1.87. The monoisotopic (exact) mass is 206 g/mol. The molecule has 0 fully saturated rings. The van der Waals surface area contributed by atoms with E-state index in [2.05, 4.69) is 9.05 Å². The molecule has 0 aliphatic rings. The molecule has 3 N–H and O–H groups in total. The first kappa shape index (κ1) is 14.0. The molecule has 0 saturated heterocycles. The minimum Gasteiger partial charge on any atom is -0.328 e. The molecule has 0 atom stereocenters. The van der Waals surface area contributed by atoms with Gasteiger partial charge in [0.05, 0.1) is 0 Å². The predicted octanol–water partition coefficient (Wildman–Crippen LogP) is 0.292. The lowest BCUT2D eigenvalue weighted by atomic mass is 11.8. The lowest BCUT2D eigenvalue weighted by molar-refractivity contribution is 0.282. The third kappa shape index (κ3) is 17.9. The van der Waals surface area contributed by atoms with Gasteiger partial charge in [-0.1, -0.05) is 0 Å². The Bertz CT molecular complexity index is 114. The molecule has 0 bridgehead atoms. The molecule has 0 radical (unpaired) electrons. The van der Waals surface area contributed by atoms with Crippen molar-refractivity contribution in [2.75, 3.05) is 20.9 Å². The van der Waals surface area contributed by atoms with Crippen LogP contribution in [-0.2, 0) is 13.6 Å². The standard InChI is InChI=1S/C3H9O3P.H3O3P/c1-5-7(3,4)6-2;1-4(2)3/h1-3H3;1-3H. The highest BCUT2D eigenvalue weighted by Crippen LogP contribution is 2.40. The Kier molecular flexibility index (Phi) is 9.08. The van der Waals surface area contributed by atoms with Gasteiger partial charge in [-0.25, -0.2) is 0 Å². The van der Waals surface area contributed by atoms with Gasteiger partial charge in [0.2, 0.25) is 0 Å². The molecule has 0 saturated carbocycles. The quantitative estimate of drug-likeness (QED) is 0.562. The second kappa shape index (κ2) is 7.13. The smallest absolute Gasteiger partial charge is 0.327 e. The zero-order valence-corrected chi connectivity index (χ0v) is 8.25. The van der Waals surface area contributed by atoms with E-state index < -0.39 is 16.2 Å². The summed E-state index contributed by atoms with van der Waals surface area (Å²) in [6, 6.07) is 0. The van der Waals surface area contributed by atoms with E-state index in [1.807, 2.05) is 0 Å². The van der Waals surface area contributed by atoms with Crippen LogP contribution >= 0.6 is 16.2 Å². The SMILES string of the molecule is COP(C)(=O)OC.OP(O)O. The van der Waals surface area contributed by atoms with E-state index in [9.17, 15) is 4.57 Å². The van der Waals surface area contributed by atoms with Crippen molar-refractivity contribution < 1.29 is 28.3 Å². The summed E-state index contributed by atoms with van der Waals surface area (Å²) in [6.45, 7) is 1.41. The third-order valence-corrected chi connectivity index (χ3v) is 1.99. The van der Waals surface area contributed by atoms with Gasteiger partial charge in [0.25, 0.3) is 0 Å². The maximum atomic E-state index is 10.5. The van der Waals surface area contributed by atoms with E-state index in [4.69, 9.17) is 14.7 Å². The van der Waals surface area contributed by atoms with Crippen molar-refractivity contribution in [2.24, 2.45) is 0 Å². The zero-order chi connectivity index (χ0) is 9.49. The molecule has 0 spiro atoms. The summed E-state index contributed by atoms with van der Waals surface area (Å²) in [5.41, 5.74) is 0. The predicted molar refractivity (Wildman–Crippen MR) is 41.1 cm³/mol. The summed E-state index contributed by atoms with van der Waals surface area (Å²) in [5, 5.41) is 0. The van der Waals surface area contributed by atoms with Crippen LogP contribution < -0.4 is 0 Å². The fraction of sp³-hybridized carbons (Fsp3) is 1.00. The fourth-order valence-corrected chi connectivity index (χ4v) is 0.224. The zero-order valence-electron chi connectivity index (χ0n) is 6.46. The fourth-order valence-electron chi connectivity index (χ4n) is 0.0745. The molecule has 70 valence electrons. The molecule has 0 heterocycles. The van der Waals surface area contributed by atoms with Gasteiger partial charge in [-0.15, -0.1) is 0 Å². The van der Waals surface area contributed by atoms with Gasteiger partial charge < -0.3 is 23.7 Å². The summed E-state index contributed by atoms with van der Waals surface area (Å²) >= 11 is 0. The minimum atomic E-state index is -2.65. The normalized spacial score (nSPS) is 10.8. The molecule has 0 aromatic heterocycles. The maximum absolute atomic E-state index is 10.5. The van der Waals surface area contributed by atoms with Crippen molar-refractivity contribution in [1.29, 1.82) is 0 Å². The molecule has 0 unspecified atom stereocenters. The molecule has 0 aromatic carbocycles. The molecule has 0 rings (SSSR count). The highest BCUT2D eigenvalue weighted by atomic mass is 31.2. The van der Waals surface area contributed by atoms with E-state index in [0.29, 0.717) is 0 Å². The summed E-state index contributed by atoms with van der Waals surface area (Å²) in [4.78, 5) is 21.7. The highest BCUT2D eigenvalue weighted by Gasteiger charge is 2.08. The molecule has 8 heteroatoms. The van der Waals surface area contributed by atoms with Crippen LogP contribution in [0.4, 0.5) is 0 Å². The van der Waals surface area contributed by atoms with Crippen molar-refractivity contribution >= 4 is 16.2 Å². The Morgan fingerprint density at radius 2 is 1.36 bits per heavy atom. The Labute approximate surface area is 66.3 Å². The first-order valence-corrected chi connectivity index (χ1v) is 5.60. The Morgan fingerprint density at radius 3 is 1.36 bits per heavy atom. The molecule has 6 nitrogen and oxygen atoms in total. The van der Waals surface area contributed by atoms with Gasteiger partial charge >= 0.3 is 16.2 Å². The van der Waals surface area contributed by atoms with Crippen LogP contribution in [0.2, 0.25) is 0 Å². The second-order valence-electron chi connectivity index (χ2n) is 1.40. The third-order valence-electron chi connectivity index (χ3n) is 0.663. The molecule has 11 heavy (non-hydrogen) atoms. The lowest BCUT2D eigenvalue weighted by Gasteiger charge is -2.04. The largest absolute Gasteiger partial charge is 0.328 e. The first-order chi connectivity index (χ1) is 4.85. The van der Waals surface area contributed by atoms with E-state index in [-0.39, 0.29) is 0 Å². The minimum absolute atomic E-state index is 1.35. The first-order valence-electron chi connectivity index (χ1n) is 2.41. The molecule has 0 aliphatic carbocycles. The van der Waals surface area contributed by atoms with Crippen LogP contribution in [-0.4, -0.2) is 35.6 Å². The molecular weight excluding hydrogens is 194 g/mol. The van der Waals surface area contributed by atoms with Gasteiger partial charge in [0.15, 0.2) is 0 Å². The van der Waals surface area contributed by atoms with Crippen LogP contribution in [0.1, 0.15) is 0 Å². The van der Waals surface area contributed by atoms with Gasteiger partial charge in [-0.2, -0.15) is 0 Å². The van der Waals surface area contributed by atoms with Crippen LogP contribution in [0, 0.1) is 0 Å². The summed E-state index contributed by atoms with van der Waals surface area (Å²) in [5.74, 6) is 0. The van der Waals surface area contributed by atoms with Gasteiger partial charge in [0, 0.05) is 20.9 Å². The number of hydrogen-bond acceptors (Lipinski definition) is 6. The molecule has 0 amide bonds. The summed E-state index contributed by atoms with van der Waals surface area (Å²) < 4.78 is 19.3. The molecule has 0 aromatic rings. The van der Waals surface area contributed by atoms with Crippen LogP contribution in [0.15, 0.2) is 0 Å². The van der Waals surface area contributed by atoms with Crippen LogP contribution in [0.5, 0.6) is 0 Å². The number of rotatable bonds is 2. The molecular formula is C3H12O6P2. The maximum Gasteiger partial charge on any atom is 0.327 e. The Hall–Kier alpha value is 0.460. The van der Waals surface area contributed by atoms with E-state index in [0.717, 1.165) is 0 Å². The Morgan fingerprint density at radius 1 is 1.18 bits per heavy atom. The van der Waals surface area contributed by atoms with E-state index in [1.54, 1.807) is 0 Å². The van der Waals surface area contributed by atoms with Crippen molar-refractivity contribution in [3.05, 3.63) is 0 Å². The van der Waals surface area contributed by atoms with Crippen molar-refractivity contribution in [3.63, 3.8) is 0 Å². The molecule has 0 aliphatic heterocycles. The van der Waals surface area contributed by atoms with Gasteiger partial charge in [-0.05, 0) is 0 Å². The topological polar surface area (TPSA) is 96.2 Å². The van der Waals surface area contributed by atoms with Gasteiger partial charge in [-0.3, -0.25) is 4.57 Å². The number of hydrogen-bond donors (Lipinski definition) is 3. The highest BCUT2D eigenvalue weighted by molar-refractivity contribution is 7.52. The second-order valence-corrected chi connectivity index (χ2v) is 4.21. The van der Waals surface area contributed by atoms with E-state index >= 15 is 0 Å². The van der Waals surface area contributed by atoms with Crippen molar-refractivity contribution in [3.8, 4) is 0 Å². The summed E-state index contributed by atoms with van der Waals surface area (Å²) in [7, 11) is -2.57. The average molecular weight is 206 g/mol. The van der Waals surface area contributed by atoms with Crippen molar-refractivity contribution in [2.45, 2.75) is 0 Å². The van der Waals surface area contributed by atoms with Gasteiger partial charge in [0.1, 0.15) is 0 Å². The van der Waals surface area contributed by atoms with Crippen LogP contribution in [0.25, 0.3) is 0 Å². The van der Waals surface area contributed by atoms with Crippen molar-refractivity contribution in [1.82, 2.24) is 0 Å².